The summed E-state index contributed by atoms with van der Waals surface area (Å²) in [7, 11) is 0. The standard InChI is InChI=1S/C11H12ClF3N2O4/c12-4-8(18)5-16-7-1-2-10(9(3-7)17(19)20)21-6-11(13,14)15/h1-3,8,16,18H,4-6H2. The van der Waals surface area contributed by atoms with Crippen LogP contribution in [0.15, 0.2) is 18.2 Å². The maximum atomic E-state index is 12.1. The minimum absolute atomic E-state index is 0.0259. The first kappa shape index (κ1) is 17.3. The minimum atomic E-state index is -4.59. The van der Waals surface area contributed by atoms with Gasteiger partial charge in [0.25, 0.3) is 0 Å². The number of nitrogens with zero attached hydrogens (tertiary/aromatic N) is 1. The third kappa shape index (κ3) is 6.05. The molecular weight excluding hydrogens is 317 g/mol. The van der Waals surface area contributed by atoms with Crippen LogP contribution in [0.2, 0.25) is 0 Å². The molecule has 0 saturated carbocycles. The number of ether oxygens (including phenoxy) is 1. The Labute approximate surface area is 122 Å². The molecule has 0 bridgehead atoms. The van der Waals surface area contributed by atoms with Gasteiger partial charge in [0.05, 0.1) is 16.9 Å². The molecular formula is C11H12ClF3N2O4. The fourth-order valence-electron chi connectivity index (χ4n) is 1.34. The molecule has 1 rings (SSSR count). The Hall–Kier alpha value is -1.74. The average Bonchev–Trinajstić information content (AvgIpc) is 2.41. The number of nitrogens with one attached hydrogen (secondary N) is 1. The molecule has 2 N–H and O–H groups in total. The van der Waals surface area contributed by atoms with Gasteiger partial charge in [-0.15, -0.1) is 11.6 Å². The molecule has 6 nitrogen and oxygen atoms in total. The lowest BCUT2D eigenvalue weighted by Gasteiger charge is -2.12. The van der Waals surface area contributed by atoms with Crippen LogP contribution in [0.3, 0.4) is 0 Å². The van der Waals surface area contributed by atoms with E-state index in [9.17, 15) is 28.4 Å². The van der Waals surface area contributed by atoms with Gasteiger partial charge in [0.1, 0.15) is 0 Å². The van der Waals surface area contributed by atoms with Crippen molar-refractivity contribution < 1.29 is 27.9 Å². The van der Waals surface area contributed by atoms with Gasteiger partial charge in [-0.05, 0) is 12.1 Å². The van der Waals surface area contributed by atoms with Crippen LogP contribution in [0.25, 0.3) is 0 Å². The number of benzene rings is 1. The molecule has 0 amide bonds. The summed E-state index contributed by atoms with van der Waals surface area (Å²) in [5.74, 6) is -0.511. The molecule has 21 heavy (non-hydrogen) atoms. The number of hydrogen-bond acceptors (Lipinski definition) is 5. The van der Waals surface area contributed by atoms with Gasteiger partial charge >= 0.3 is 11.9 Å². The topological polar surface area (TPSA) is 84.6 Å². The number of alkyl halides is 4. The summed E-state index contributed by atoms with van der Waals surface area (Å²) in [6.07, 6.45) is -5.44. The van der Waals surface area contributed by atoms with Crippen molar-refractivity contribution >= 4 is 23.0 Å². The SMILES string of the molecule is O=[N+]([O-])c1cc(NCC(O)CCl)ccc1OCC(F)(F)F. The van der Waals surface area contributed by atoms with Crippen molar-refractivity contribution in [3.05, 3.63) is 28.3 Å². The number of nitro groups is 1. The van der Waals surface area contributed by atoms with E-state index in [1.54, 1.807) is 0 Å². The Balaban J connectivity index is 2.84. The quantitative estimate of drug-likeness (QED) is 0.456. The summed E-state index contributed by atoms with van der Waals surface area (Å²) >= 11 is 5.38. The van der Waals surface area contributed by atoms with E-state index >= 15 is 0 Å². The van der Waals surface area contributed by atoms with E-state index < -0.39 is 35.2 Å². The highest BCUT2D eigenvalue weighted by Crippen LogP contribution is 2.31. The van der Waals surface area contributed by atoms with Crippen LogP contribution < -0.4 is 10.1 Å². The van der Waals surface area contributed by atoms with E-state index in [1.165, 1.54) is 6.07 Å². The Morgan fingerprint density at radius 3 is 2.67 bits per heavy atom. The summed E-state index contributed by atoms with van der Waals surface area (Å²) in [4.78, 5) is 9.99. The molecule has 1 atom stereocenters. The first-order valence-electron chi connectivity index (χ1n) is 5.69. The Kier molecular flexibility index (Phi) is 6.03. The molecule has 0 saturated heterocycles. The van der Waals surface area contributed by atoms with Crippen LogP contribution in [0.1, 0.15) is 0 Å². The monoisotopic (exact) mass is 328 g/mol. The zero-order valence-corrected chi connectivity index (χ0v) is 11.3. The van der Waals surface area contributed by atoms with Gasteiger partial charge in [-0.2, -0.15) is 13.2 Å². The molecule has 0 aliphatic carbocycles. The second-order valence-electron chi connectivity index (χ2n) is 4.03. The van der Waals surface area contributed by atoms with Gasteiger partial charge in [0.2, 0.25) is 0 Å². The van der Waals surface area contributed by atoms with Crippen LogP contribution in [0.5, 0.6) is 5.75 Å². The van der Waals surface area contributed by atoms with E-state index in [-0.39, 0.29) is 18.1 Å². The summed E-state index contributed by atoms with van der Waals surface area (Å²) in [5, 5.41) is 22.8. The predicted octanol–water partition coefficient (Wildman–Crippen LogP) is 2.55. The maximum Gasteiger partial charge on any atom is 0.422 e. The number of rotatable bonds is 7. The van der Waals surface area contributed by atoms with Gasteiger partial charge in [-0.3, -0.25) is 10.1 Å². The molecule has 0 fully saturated rings. The van der Waals surface area contributed by atoms with Crippen LogP contribution in [0, 0.1) is 10.1 Å². The highest BCUT2D eigenvalue weighted by Gasteiger charge is 2.30. The summed E-state index contributed by atoms with van der Waals surface area (Å²) in [6, 6.07) is 3.38. The number of nitro benzene ring substituents is 1. The first-order valence-corrected chi connectivity index (χ1v) is 6.22. The molecule has 0 aliphatic heterocycles. The van der Waals surface area contributed by atoms with E-state index in [0.29, 0.717) is 0 Å². The molecule has 1 aromatic carbocycles. The summed E-state index contributed by atoms with van der Waals surface area (Å²) < 4.78 is 40.6. The van der Waals surface area contributed by atoms with E-state index in [2.05, 4.69) is 10.1 Å². The van der Waals surface area contributed by atoms with Crippen molar-refractivity contribution in [3.63, 3.8) is 0 Å². The maximum absolute atomic E-state index is 12.1. The predicted molar refractivity (Wildman–Crippen MR) is 69.9 cm³/mol. The number of anilines is 1. The van der Waals surface area contributed by atoms with E-state index in [1.807, 2.05) is 0 Å². The van der Waals surface area contributed by atoms with Gasteiger partial charge in [0.15, 0.2) is 12.4 Å². The molecule has 10 heteroatoms. The fraction of sp³-hybridized carbons (Fsp3) is 0.455. The van der Waals surface area contributed by atoms with Gasteiger partial charge in [0, 0.05) is 18.3 Å². The molecule has 0 aromatic heterocycles. The molecule has 118 valence electrons. The normalized spacial score (nSPS) is 12.8. The largest absolute Gasteiger partial charge is 0.477 e. The molecule has 0 heterocycles. The Morgan fingerprint density at radius 1 is 1.48 bits per heavy atom. The van der Waals surface area contributed by atoms with Gasteiger partial charge in [-0.1, -0.05) is 0 Å². The van der Waals surface area contributed by atoms with Crippen molar-refractivity contribution in [3.8, 4) is 5.75 Å². The number of aliphatic hydroxyl groups excluding tert-OH is 1. The molecule has 0 spiro atoms. The number of halogens is 4. The molecule has 1 unspecified atom stereocenters. The van der Waals surface area contributed by atoms with Crippen LogP contribution in [0.4, 0.5) is 24.5 Å². The van der Waals surface area contributed by atoms with Crippen molar-refractivity contribution in [2.45, 2.75) is 12.3 Å². The highest BCUT2D eigenvalue weighted by molar-refractivity contribution is 6.18. The number of aliphatic hydroxyl groups is 1. The third-order valence-electron chi connectivity index (χ3n) is 2.27. The minimum Gasteiger partial charge on any atom is -0.477 e. The zero-order valence-electron chi connectivity index (χ0n) is 10.6. The molecule has 1 aromatic rings. The first-order chi connectivity index (χ1) is 9.73. The Bertz CT molecular complexity index is 499. The smallest absolute Gasteiger partial charge is 0.422 e. The van der Waals surface area contributed by atoms with Gasteiger partial charge in [-0.25, -0.2) is 0 Å². The lowest BCUT2D eigenvalue weighted by molar-refractivity contribution is -0.386. The molecule has 0 aliphatic rings. The van der Waals surface area contributed by atoms with E-state index in [4.69, 9.17) is 11.6 Å². The lowest BCUT2D eigenvalue weighted by atomic mass is 10.2. The van der Waals surface area contributed by atoms with Gasteiger partial charge < -0.3 is 15.2 Å². The average molecular weight is 329 g/mol. The number of hydrogen-bond donors (Lipinski definition) is 2. The zero-order chi connectivity index (χ0) is 16.0. The second kappa shape index (κ2) is 7.32. The lowest BCUT2D eigenvalue weighted by Crippen LogP contribution is -2.21. The van der Waals surface area contributed by atoms with Crippen molar-refractivity contribution in [1.82, 2.24) is 0 Å². The molecule has 0 radical (unpaired) electrons. The van der Waals surface area contributed by atoms with Crippen LogP contribution in [-0.2, 0) is 0 Å². The van der Waals surface area contributed by atoms with Crippen molar-refractivity contribution in [1.29, 1.82) is 0 Å². The summed E-state index contributed by atoms with van der Waals surface area (Å²) in [5.41, 5.74) is -0.352. The fourth-order valence-corrected chi connectivity index (χ4v) is 1.45. The van der Waals surface area contributed by atoms with E-state index in [0.717, 1.165) is 12.1 Å². The van der Waals surface area contributed by atoms with Crippen LogP contribution in [-0.4, -0.2) is 41.3 Å². The Morgan fingerprint density at radius 2 is 2.14 bits per heavy atom. The second-order valence-corrected chi connectivity index (χ2v) is 4.34. The third-order valence-corrected chi connectivity index (χ3v) is 2.62. The van der Waals surface area contributed by atoms with Crippen LogP contribution >= 0.6 is 11.6 Å². The van der Waals surface area contributed by atoms with Crippen molar-refractivity contribution in [2.24, 2.45) is 0 Å². The van der Waals surface area contributed by atoms with Crippen molar-refractivity contribution in [2.75, 3.05) is 24.3 Å². The summed E-state index contributed by atoms with van der Waals surface area (Å²) in [6.45, 7) is -1.57. The highest BCUT2D eigenvalue weighted by atomic mass is 35.5.